The van der Waals surface area contributed by atoms with E-state index in [0.29, 0.717) is 19.5 Å². The van der Waals surface area contributed by atoms with Crippen LogP contribution in [0.4, 0.5) is 4.79 Å². The summed E-state index contributed by atoms with van der Waals surface area (Å²) in [6.45, 7) is 2.90. The summed E-state index contributed by atoms with van der Waals surface area (Å²) in [5.41, 5.74) is 1.48. The maximum atomic E-state index is 12.1. The molecule has 1 aromatic rings. The Bertz CT molecular complexity index is 547. The number of thioether (sulfide) groups is 1. The van der Waals surface area contributed by atoms with Gasteiger partial charge in [-0.3, -0.25) is 4.79 Å². The zero-order valence-corrected chi connectivity index (χ0v) is 13.8. The maximum absolute atomic E-state index is 12.1. The lowest BCUT2D eigenvalue weighted by Crippen LogP contribution is -2.40. The standard InChI is InChI=1S/C16H22N2O3S/c1-16(14(19)20)7-8-18(11-16)15(21)17-9-12-3-5-13(6-4-12)10-22-2/h3-6H,7-11H2,1-2H3,(H,17,21)(H,19,20). The number of carboxylic acid groups (broad SMARTS) is 1. The largest absolute Gasteiger partial charge is 0.481 e. The Morgan fingerprint density at radius 2 is 1.95 bits per heavy atom. The maximum Gasteiger partial charge on any atom is 0.317 e. The first-order valence-corrected chi connectivity index (χ1v) is 8.67. The first-order chi connectivity index (χ1) is 10.4. The average molecular weight is 322 g/mol. The van der Waals surface area contributed by atoms with Crippen molar-refractivity contribution in [2.75, 3.05) is 19.3 Å². The lowest BCUT2D eigenvalue weighted by molar-refractivity contribution is -0.146. The fraction of sp³-hybridized carbons (Fsp3) is 0.500. The SMILES string of the molecule is CSCc1ccc(CNC(=O)N2CCC(C)(C(=O)O)C2)cc1. The summed E-state index contributed by atoms with van der Waals surface area (Å²) >= 11 is 1.77. The van der Waals surface area contributed by atoms with Crippen LogP contribution in [0.5, 0.6) is 0 Å². The van der Waals surface area contributed by atoms with Gasteiger partial charge in [0.05, 0.1) is 5.41 Å². The quantitative estimate of drug-likeness (QED) is 0.874. The Labute approximate surface area is 135 Å². The molecule has 0 aromatic heterocycles. The predicted octanol–water partition coefficient (Wildman–Crippen LogP) is 2.56. The molecule has 0 spiro atoms. The zero-order valence-electron chi connectivity index (χ0n) is 13.0. The van der Waals surface area contributed by atoms with Gasteiger partial charge in [-0.05, 0) is 30.7 Å². The third-order valence-electron chi connectivity index (χ3n) is 4.05. The number of rotatable bonds is 5. The van der Waals surface area contributed by atoms with Crippen LogP contribution in [0.2, 0.25) is 0 Å². The molecule has 1 fully saturated rings. The Kier molecular flexibility index (Phi) is 5.34. The molecule has 0 aliphatic carbocycles. The van der Waals surface area contributed by atoms with Crippen molar-refractivity contribution in [3.63, 3.8) is 0 Å². The van der Waals surface area contributed by atoms with Crippen molar-refractivity contribution in [1.82, 2.24) is 10.2 Å². The lowest BCUT2D eigenvalue weighted by Gasteiger charge is -2.20. The molecule has 0 radical (unpaired) electrons. The number of carboxylic acids is 1. The summed E-state index contributed by atoms with van der Waals surface area (Å²) in [7, 11) is 0. The number of amides is 2. The van der Waals surface area contributed by atoms with E-state index in [4.69, 9.17) is 0 Å². The molecule has 0 bridgehead atoms. The van der Waals surface area contributed by atoms with Crippen LogP contribution in [0.1, 0.15) is 24.5 Å². The summed E-state index contributed by atoms with van der Waals surface area (Å²) < 4.78 is 0. The minimum atomic E-state index is -0.841. The number of aliphatic carboxylic acids is 1. The van der Waals surface area contributed by atoms with Gasteiger partial charge >= 0.3 is 12.0 Å². The van der Waals surface area contributed by atoms with Gasteiger partial charge < -0.3 is 15.3 Å². The highest BCUT2D eigenvalue weighted by atomic mass is 32.2. The molecule has 1 aromatic carbocycles. The molecule has 1 heterocycles. The van der Waals surface area contributed by atoms with Gasteiger partial charge in [0.15, 0.2) is 0 Å². The monoisotopic (exact) mass is 322 g/mol. The second kappa shape index (κ2) is 7.05. The highest BCUT2D eigenvalue weighted by Gasteiger charge is 2.42. The number of hydrogen-bond donors (Lipinski definition) is 2. The van der Waals surface area contributed by atoms with Crippen LogP contribution in [0.15, 0.2) is 24.3 Å². The number of nitrogens with one attached hydrogen (secondary N) is 1. The summed E-state index contributed by atoms with van der Waals surface area (Å²) in [6, 6.07) is 7.96. The van der Waals surface area contributed by atoms with Gasteiger partial charge in [0.1, 0.15) is 0 Å². The average Bonchev–Trinajstić information content (AvgIpc) is 2.91. The van der Waals surface area contributed by atoms with Crippen LogP contribution in [0, 0.1) is 5.41 Å². The van der Waals surface area contributed by atoms with Crippen molar-refractivity contribution >= 4 is 23.8 Å². The zero-order chi connectivity index (χ0) is 16.2. The smallest absolute Gasteiger partial charge is 0.317 e. The normalized spacial score (nSPS) is 20.9. The molecule has 2 rings (SSSR count). The van der Waals surface area contributed by atoms with E-state index in [1.54, 1.807) is 23.6 Å². The number of carbonyl (C=O) groups is 2. The molecule has 6 heteroatoms. The van der Waals surface area contributed by atoms with Crippen molar-refractivity contribution in [3.05, 3.63) is 35.4 Å². The Hall–Kier alpha value is -1.69. The molecule has 5 nitrogen and oxygen atoms in total. The highest BCUT2D eigenvalue weighted by Crippen LogP contribution is 2.29. The summed E-state index contributed by atoms with van der Waals surface area (Å²) in [4.78, 5) is 24.9. The molecular weight excluding hydrogens is 300 g/mol. The van der Waals surface area contributed by atoms with E-state index in [1.165, 1.54) is 5.56 Å². The molecule has 1 saturated heterocycles. The molecule has 1 atom stereocenters. The number of likely N-dealkylation sites (tertiary alicyclic amines) is 1. The van der Waals surface area contributed by atoms with Gasteiger partial charge in [-0.2, -0.15) is 11.8 Å². The number of hydrogen-bond acceptors (Lipinski definition) is 3. The Morgan fingerprint density at radius 3 is 2.50 bits per heavy atom. The van der Waals surface area contributed by atoms with Crippen LogP contribution in [-0.4, -0.2) is 41.4 Å². The topological polar surface area (TPSA) is 69.6 Å². The van der Waals surface area contributed by atoms with Crippen LogP contribution in [0.25, 0.3) is 0 Å². The first kappa shape index (κ1) is 16.7. The molecule has 2 amide bonds. The van der Waals surface area contributed by atoms with Crippen molar-refractivity contribution in [2.24, 2.45) is 5.41 Å². The van der Waals surface area contributed by atoms with Crippen LogP contribution >= 0.6 is 11.8 Å². The van der Waals surface area contributed by atoms with Crippen molar-refractivity contribution in [3.8, 4) is 0 Å². The van der Waals surface area contributed by atoms with Crippen molar-refractivity contribution in [1.29, 1.82) is 0 Å². The van der Waals surface area contributed by atoms with Crippen LogP contribution in [-0.2, 0) is 17.1 Å². The van der Waals surface area contributed by atoms with Gasteiger partial charge in [-0.15, -0.1) is 0 Å². The van der Waals surface area contributed by atoms with Gasteiger partial charge in [0.25, 0.3) is 0 Å². The van der Waals surface area contributed by atoms with Gasteiger partial charge in [-0.1, -0.05) is 24.3 Å². The lowest BCUT2D eigenvalue weighted by atomic mass is 9.90. The summed E-state index contributed by atoms with van der Waals surface area (Å²) in [5, 5.41) is 12.0. The molecule has 120 valence electrons. The molecule has 1 unspecified atom stereocenters. The minimum Gasteiger partial charge on any atom is -0.481 e. The van der Waals surface area contributed by atoms with Gasteiger partial charge in [0.2, 0.25) is 0 Å². The Morgan fingerprint density at radius 1 is 1.32 bits per heavy atom. The number of urea groups is 1. The molecular formula is C16H22N2O3S. The molecule has 1 aliphatic heterocycles. The molecule has 2 N–H and O–H groups in total. The third-order valence-corrected chi connectivity index (χ3v) is 4.68. The van der Waals surface area contributed by atoms with E-state index >= 15 is 0 Å². The minimum absolute atomic E-state index is 0.196. The highest BCUT2D eigenvalue weighted by molar-refractivity contribution is 7.97. The molecule has 0 saturated carbocycles. The fourth-order valence-corrected chi connectivity index (χ4v) is 3.04. The van der Waals surface area contributed by atoms with E-state index < -0.39 is 11.4 Å². The van der Waals surface area contributed by atoms with E-state index in [-0.39, 0.29) is 12.6 Å². The van der Waals surface area contributed by atoms with Crippen molar-refractivity contribution in [2.45, 2.75) is 25.6 Å². The van der Waals surface area contributed by atoms with Gasteiger partial charge in [0, 0.05) is 25.4 Å². The third kappa shape index (κ3) is 3.94. The predicted molar refractivity (Wildman–Crippen MR) is 87.8 cm³/mol. The summed E-state index contributed by atoms with van der Waals surface area (Å²) in [6.07, 6.45) is 2.56. The second-order valence-corrected chi connectivity index (χ2v) is 6.81. The fourth-order valence-electron chi connectivity index (χ4n) is 2.52. The van der Waals surface area contributed by atoms with Crippen LogP contribution in [0.3, 0.4) is 0 Å². The van der Waals surface area contributed by atoms with E-state index in [2.05, 4.69) is 23.7 Å². The van der Waals surface area contributed by atoms with E-state index in [0.717, 1.165) is 11.3 Å². The number of benzene rings is 1. The molecule has 1 aliphatic rings. The second-order valence-electron chi connectivity index (χ2n) is 5.95. The van der Waals surface area contributed by atoms with E-state index in [9.17, 15) is 14.7 Å². The molecule has 22 heavy (non-hydrogen) atoms. The first-order valence-electron chi connectivity index (χ1n) is 7.27. The van der Waals surface area contributed by atoms with E-state index in [1.807, 2.05) is 12.1 Å². The van der Waals surface area contributed by atoms with Crippen LogP contribution < -0.4 is 5.32 Å². The number of carbonyl (C=O) groups excluding carboxylic acids is 1. The Balaban J connectivity index is 1.84. The number of nitrogens with zero attached hydrogens (tertiary/aromatic N) is 1. The van der Waals surface area contributed by atoms with Gasteiger partial charge in [-0.25, -0.2) is 4.79 Å². The van der Waals surface area contributed by atoms with Crippen molar-refractivity contribution < 1.29 is 14.7 Å². The summed E-state index contributed by atoms with van der Waals surface area (Å²) in [5.74, 6) is 0.140.